The standard InChI is InChI=1S/C9H8BrN5O2/c10-5-1-4(2-6-8(5)17-3-16-6)7(11)9-12-14-15-13-9/h1-2,7H,3,11H2,(H,12,13,14,15). The smallest absolute Gasteiger partial charge is 0.231 e. The van der Waals surface area contributed by atoms with Gasteiger partial charge >= 0.3 is 0 Å². The molecule has 1 aliphatic rings. The quantitative estimate of drug-likeness (QED) is 0.848. The van der Waals surface area contributed by atoms with Crippen molar-refractivity contribution in [1.82, 2.24) is 20.6 Å². The van der Waals surface area contributed by atoms with E-state index in [4.69, 9.17) is 15.2 Å². The maximum atomic E-state index is 6.02. The Morgan fingerprint density at radius 2 is 2.29 bits per heavy atom. The molecule has 0 amide bonds. The van der Waals surface area contributed by atoms with Crippen LogP contribution < -0.4 is 15.2 Å². The summed E-state index contributed by atoms with van der Waals surface area (Å²) in [6.45, 7) is 0.217. The van der Waals surface area contributed by atoms with E-state index in [1.165, 1.54) is 0 Å². The summed E-state index contributed by atoms with van der Waals surface area (Å²) in [6.07, 6.45) is 0. The predicted octanol–water partition coefficient (Wildman–Crippen LogP) is 0.739. The zero-order valence-electron chi connectivity index (χ0n) is 8.55. The molecule has 0 saturated heterocycles. The Balaban J connectivity index is 2.02. The van der Waals surface area contributed by atoms with Crippen molar-refractivity contribution in [3.8, 4) is 11.5 Å². The maximum absolute atomic E-state index is 6.02. The molecule has 0 bridgehead atoms. The normalized spacial score (nSPS) is 14.9. The Labute approximate surface area is 104 Å². The van der Waals surface area contributed by atoms with Crippen LogP contribution in [0.4, 0.5) is 0 Å². The third kappa shape index (κ3) is 1.75. The fraction of sp³-hybridized carbons (Fsp3) is 0.222. The fourth-order valence-electron chi connectivity index (χ4n) is 1.62. The van der Waals surface area contributed by atoms with Crippen molar-refractivity contribution in [1.29, 1.82) is 0 Å². The van der Waals surface area contributed by atoms with Gasteiger partial charge < -0.3 is 15.2 Å². The minimum Gasteiger partial charge on any atom is -0.454 e. The molecule has 0 saturated carbocycles. The fourth-order valence-corrected chi connectivity index (χ4v) is 2.19. The summed E-state index contributed by atoms with van der Waals surface area (Å²) < 4.78 is 11.4. The topological polar surface area (TPSA) is 98.9 Å². The average molecular weight is 298 g/mol. The van der Waals surface area contributed by atoms with Crippen LogP contribution in [0.3, 0.4) is 0 Å². The van der Waals surface area contributed by atoms with Crippen LogP contribution in [-0.2, 0) is 0 Å². The highest BCUT2D eigenvalue weighted by atomic mass is 79.9. The molecule has 17 heavy (non-hydrogen) atoms. The van der Waals surface area contributed by atoms with Gasteiger partial charge in [-0.2, -0.15) is 5.21 Å². The summed E-state index contributed by atoms with van der Waals surface area (Å²) >= 11 is 3.40. The van der Waals surface area contributed by atoms with Gasteiger partial charge in [-0.3, -0.25) is 0 Å². The van der Waals surface area contributed by atoms with Gasteiger partial charge in [0.05, 0.1) is 10.5 Å². The number of H-pyrrole nitrogens is 1. The summed E-state index contributed by atoms with van der Waals surface area (Å²) in [7, 11) is 0. The number of tetrazole rings is 1. The number of hydrogen-bond acceptors (Lipinski definition) is 6. The SMILES string of the molecule is NC(c1cc(Br)c2c(c1)OCO2)c1nn[nH]n1. The van der Waals surface area contributed by atoms with Gasteiger partial charge in [0.1, 0.15) is 0 Å². The first-order valence-electron chi connectivity index (χ1n) is 4.83. The number of nitrogens with one attached hydrogen (secondary N) is 1. The monoisotopic (exact) mass is 297 g/mol. The van der Waals surface area contributed by atoms with Crippen molar-refractivity contribution < 1.29 is 9.47 Å². The lowest BCUT2D eigenvalue weighted by atomic mass is 10.1. The summed E-state index contributed by atoms with van der Waals surface area (Å²) in [4.78, 5) is 0. The van der Waals surface area contributed by atoms with Crippen molar-refractivity contribution in [2.75, 3.05) is 6.79 Å². The van der Waals surface area contributed by atoms with E-state index in [1.807, 2.05) is 12.1 Å². The second-order valence-electron chi connectivity index (χ2n) is 3.48. The molecule has 8 heteroatoms. The highest BCUT2D eigenvalue weighted by molar-refractivity contribution is 9.10. The minimum atomic E-state index is -0.459. The van der Waals surface area contributed by atoms with E-state index in [-0.39, 0.29) is 6.79 Å². The summed E-state index contributed by atoms with van der Waals surface area (Å²) in [5, 5.41) is 13.6. The minimum absolute atomic E-state index is 0.217. The Kier molecular flexibility index (Phi) is 2.45. The Morgan fingerprint density at radius 3 is 3.06 bits per heavy atom. The zero-order chi connectivity index (χ0) is 11.8. The predicted molar refractivity (Wildman–Crippen MR) is 60.5 cm³/mol. The molecular formula is C9H8BrN5O2. The van der Waals surface area contributed by atoms with E-state index >= 15 is 0 Å². The van der Waals surface area contributed by atoms with Crippen molar-refractivity contribution in [3.05, 3.63) is 28.0 Å². The average Bonchev–Trinajstić information content (AvgIpc) is 2.98. The largest absolute Gasteiger partial charge is 0.454 e. The van der Waals surface area contributed by atoms with Gasteiger partial charge in [0.2, 0.25) is 6.79 Å². The molecular weight excluding hydrogens is 290 g/mol. The van der Waals surface area contributed by atoms with Gasteiger partial charge in [0, 0.05) is 0 Å². The van der Waals surface area contributed by atoms with Gasteiger partial charge in [-0.1, -0.05) is 5.21 Å². The number of aromatic amines is 1. The summed E-state index contributed by atoms with van der Waals surface area (Å²) in [5.41, 5.74) is 6.84. The second-order valence-corrected chi connectivity index (χ2v) is 4.34. The van der Waals surface area contributed by atoms with Crippen LogP contribution >= 0.6 is 15.9 Å². The maximum Gasteiger partial charge on any atom is 0.231 e. The van der Waals surface area contributed by atoms with E-state index in [2.05, 4.69) is 36.6 Å². The molecule has 0 radical (unpaired) electrons. The molecule has 2 heterocycles. The number of hydrogen-bond donors (Lipinski definition) is 2. The number of ether oxygens (including phenoxy) is 2. The number of nitrogens with two attached hydrogens (primary N) is 1. The molecule has 0 fully saturated rings. The van der Waals surface area contributed by atoms with Crippen molar-refractivity contribution in [2.24, 2.45) is 5.73 Å². The van der Waals surface area contributed by atoms with Crippen LogP contribution in [-0.4, -0.2) is 27.4 Å². The van der Waals surface area contributed by atoms with Gasteiger partial charge in [-0.15, -0.1) is 10.2 Å². The zero-order valence-corrected chi connectivity index (χ0v) is 10.1. The van der Waals surface area contributed by atoms with E-state index < -0.39 is 6.04 Å². The van der Waals surface area contributed by atoms with Crippen LogP contribution in [0.2, 0.25) is 0 Å². The van der Waals surface area contributed by atoms with Crippen molar-refractivity contribution in [3.63, 3.8) is 0 Å². The molecule has 0 spiro atoms. The molecule has 1 unspecified atom stereocenters. The number of benzene rings is 1. The first kappa shape index (κ1) is 10.5. The Bertz CT molecular complexity index is 545. The third-order valence-corrected chi connectivity index (χ3v) is 3.04. The lowest BCUT2D eigenvalue weighted by molar-refractivity contribution is 0.173. The third-order valence-electron chi connectivity index (χ3n) is 2.45. The molecule has 1 aliphatic heterocycles. The van der Waals surface area contributed by atoms with E-state index in [1.54, 1.807) is 0 Å². The Morgan fingerprint density at radius 1 is 1.41 bits per heavy atom. The number of halogens is 1. The van der Waals surface area contributed by atoms with E-state index in [0.717, 1.165) is 10.0 Å². The van der Waals surface area contributed by atoms with Gasteiger partial charge in [0.15, 0.2) is 17.3 Å². The Hall–Kier alpha value is -1.67. The molecule has 1 atom stereocenters. The second kappa shape index (κ2) is 3.97. The van der Waals surface area contributed by atoms with E-state index in [9.17, 15) is 0 Å². The lowest BCUT2D eigenvalue weighted by Gasteiger charge is -2.09. The number of fused-ring (bicyclic) bond motifs is 1. The molecule has 0 aliphatic carbocycles. The molecule has 3 N–H and O–H groups in total. The highest BCUT2D eigenvalue weighted by Gasteiger charge is 2.22. The lowest BCUT2D eigenvalue weighted by Crippen LogP contribution is -2.13. The van der Waals surface area contributed by atoms with Crippen molar-refractivity contribution in [2.45, 2.75) is 6.04 Å². The van der Waals surface area contributed by atoms with Crippen LogP contribution in [0.1, 0.15) is 17.4 Å². The molecule has 1 aromatic carbocycles. The molecule has 2 aromatic rings. The molecule has 88 valence electrons. The number of rotatable bonds is 2. The molecule has 3 rings (SSSR count). The van der Waals surface area contributed by atoms with Gasteiger partial charge in [-0.25, -0.2) is 0 Å². The van der Waals surface area contributed by atoms with Crippen LogP contribution in [0.25, 0.3) is 0 Å². The van der Waals surface area contributed by atoms with Crippen molar-refractivity contribution >= 4 is 15.9 Å². The summed E-state index contributed by atoms with van der Waals surface area (Å²) in [6, 6.07) is 3.21. The van der Waals surface area contributed by atoms with Crippen LogP contribution in [0.15, 0.2) is 16.6 Å². The van der Waals surface area contributed by atoms with Gasteiger partial charge in [-0.05, 0) is 33.6 Å². The summed E-state index contributed by atoms with van der Waals surface area (Å²) in [5.74, 6) is 1.78. The first-order chi connectivity index (χ1) is 8.25. The first-order valence-corrected chi connectivity index (χ1v) is 5.63. The molecule has 7 nitrogen and oxygen atoms in total. The number of aromatic nitrogens is 4. The van der Waals surface area contributed by atoms with Crippen LogP contribution in [0, 0.1) is 0 Å². The molecule has 1 aromatic heterocycles. The van der Waals surface area contributed by atoms with Crippen LogP contribution in [0.5, 0.6) is 11.5 Å². The highest BCUT2D eigenvalue weighted by Crippen LogP contribution is 2.41. The van der Waals surface area contributed by atoms with E-state index in [0.29, 0.717) is 17.3 Å². The number of nitrogens with zero attached hydrogens (tertiary/aromatic N) is 3. The van der Waals surface area contributed by atoms with Gasteiger partial charge in [0.25, 0.3) is 0 Å².